The molecule has 3 atom stereocenters. The molecule has 0 aromatic heterocycles. The highest BCUT2D eigenvalue weighted by molar-refractivity contribution is 5.89. The minimum absolute atomic E-state index is 0.0369. The molecule has 1 aliphatic heterocycles. The molecule has 0 spiro atoms. The Bertz CT molecular complexity index is 561. The molecule has 0 bridgehead atoms. The minimum Gasteiger partial charge on any atom is -0.393 e. The van der Waals surface area contributed by atoms with Crippen LogP contribution in [-0.4, -0.2) is 41.0 Å². The van der Waals surface area contributed by atoms with Crippen LogP contribution in [0.3, 0.4) is 0 Å². The van der Waals surface area contributed by atoms with Crippen LogP contribution in [0.2, 0.25) is 0 Å². The van der Waals surface area contributed by atoms with Crippen LogP contribution >= 0.6 is 0 Å². The quantitative estimate of drug-likeness (QED) is 0.860. The number of aliphatic hydroxyl groups excluding tert-OH is 1. The number of hydrogen-bond acceptors (Lipinski definition) is 3. The van der Waals surface area contributed by atoms with Gasteiger partial charge in [0.1, 0.15) is 0 Å². The Morgan fingerprint density at radius 1 is 1.26 bits per heavy atom. The summed E-state index contributed by atoms with van der Waals surface area (Å²) < 4.78 is 0. The van der Waals surface area contributed by atoms with E-state index in [1.54, 1.807) is 4.90 Å². The fraction of sp³-hybridized carbons (Fsp3) is 0.556. The fourth-order valence-electron chi connectivity index (χ4n) is 3.54. The van der Waals surface area contributed by atoms with Crippen molar-refractivity contribution in [1.29, 1.82) is 0 Å². The number of nitrogens with one attached hydrogen (secondary N) is 1. The molecule has 2 aliphatic rings. The zero-order valence-corrected chi connectivity index (χ0v) is 13.3. The van der Waals surface area contributed by atoms with E-state index >= 15 is 0 Å². The molecule has 1 heterocycles. The van der Waals surface area contributed by atoms with E-state index in [9.17, 15) is 14.7 Å². The van der Waals surface area contributed by atoms with Crippen LogP contribution in [0.1, 0.15) is 31.2 Å². The Labute approximate surface area is 136 Å². The van der Waals surface area contributed by atoms with Crippen molar-refractivity contribution in [2.45, 2.75) is 38.3 Å². The molecular weight excluding hydrogens is 292 g/mol. The molecular formula is C18H24N2O3. The molecule has 1 saturated carbocycles. The molecule has 5 nitrogen and oxygen atoms in total. The molecule has 2 N–H and O–H groups in total. The van der Waals surface area contributed by atoms with E-state index in [0.717, 1.165) is 24.8 Å². The normalized spacial score (nSPS) is 27.4. The van der Waals surface area contributed by atoms with Crippen LogP contribution < -0.4 is 5.32 Å². The van der Waals surface area contributed by atoms with Gasteiger partial charge in [-0.05, 0) is 18.4 Å². The average Bonchev–Trinajstić information content (AvgIpc) is 3.12. The maximum absolute atomic E-state index is 12.3. The SMILES string of the molecule is O=C(NCC1CCCC1O)C1CC(=O)N(Cc2ccccc2)C1. The summed E-state index contributed by atoms with van der Waals surface area (Å²) in [6.45, 7) is 1.56. The topological polar surface area (TPSA) is 69.6 Å². The van der Waals surface area contributed by atoms with Crippen molar-refractivity contribution in [1.82, 2.24) is 10.2 Å². The highest BCUT2D eigenvalue weighted by atomic mass is 16.3. The van der Waals surface area contributed by atoms with Crippen molar-refractivity contribution >= 4 is 11.8 Å². The second-order valence-corrected chi connectivity index (χ2v) is 6.66. The maximum Gasteiger partial charge on any atom is 0.225 e. The van der Waals surface area contributed by atoms with E-state index in [0.29, 0.717) is 19.6 Å². The molecule has 1 aromatic rings. The third kappa shape index (κ3) is 3.91. The summed E-state index contributed by atoms with van der Waals surface area (Å²) in [5.41, 5.74) is 1.08. The van der Waals surface area contributed by atoms with Gasteiger partial charge >= 0.3 is 0 Å². The largest absolute Gasteiger partial charge is 0.393 e. The summed E-state index contributed by atoms with van der Waals surface area (Å²) in [6, 6.07) is 9.83. The molecule has 1 aliphatic carbocycles. The molecule has 124 valence electrons. The third-order valence-corrected chi connectivity index (χ3v) is 4.96. The van der Waals surface area contributed by atoms with Gasteiger partial charge in [0.05, 0.1) is 12.0 Å². The Morgan fingerprint density at radius 2 is 2.04 bits per heavy atom. The first kappa shape index (κ1) is 16.0. The molecule has 1 aromatic carbocycles. The fourth-order valence-corrected chi connectivity index (χ4v) is 3.54. The van der Waals surface area contributed by atoms with E-state index in [2.05, 4.69) is 5.32 Å². The Morgan fingerprint density at radius 3 is 2.74 bits per heavy atom. The van der Waals surface area contributed by atoms with Crippen LogP contribution in [0, 0.1) is 11.8 Å². The number of nitrogens with zero attached hydrogens (tertiary/aromatic N) is 1. The standard InChI is InChI=1S/C18H24N2O3/c21-16-8-4-7-14(16)10-19-18(23)15-9-17(22)20(12-15)11-13-5-2-1-3-6-13/h1-3,5-6,14-16,21H,4,7-12H2,(H,19,23). The predicted molar refractivity (Wildman–Crippen MR) is 86.3 cm³/mol. The monoisotopic (exact) mass is 316 g/mol. The zero-order valence-electron chi connectivity index (χ0n) is 13.3. The van der Waals surface area contributed by atoms with Gasteiger partial charge in [0.25, 0.3) is 0 Å². The van der Waals surface area contributed by atoms with Crippen molar-refractivity contribution < 1.29 is 14.7 Å². The summed E-state index contributed by atoms with van der Waals surface area (Å²) >= 11 is 0. The number of aliphatic hydroxyl groups is 1. The van der Waals surface area contributed by atoms with Gasteiger partial charge in [-0.25, -0.2) is 0 Å². The molecule has 0 radical (unpaired) electrons. The van der Waals surface area contributed by atoms with Gasteiger partial charge in [-0.3, -0.25) is 9.59 Å². The van der Waals surface area contributed by atoms with Gasteiger partial charge in [-0.15, -0.1) is 0 Å². The lowest BCUT2D eigenvalue weighted by atomic mass is 10.0. The van der Waals surface area contributed by atoms with Crippen LogP contribution in [-0.2, 0) is 16.1 Å². The number of likely N-dealkylation sites (tertiary alicyclic amines) is 1. The van der Waals surface area contributed by atoms with Crippen molar-refractivity contribution in [2.75, 3.05) is 13.1 Å². The smallest absolute Gasteiger partial charge is 0.225 e. The lowest BCUT2D eigenvalue weighted by Gasteiger charge is -2.18. The summed E-state index contributed by atoms with van der Waals surface area (Å²) in [6.07, 6.45) is 2.80. The lowest BCUT2D eigenvalue weighted by molar-refractivity contribution is -0.129. The summed E-state index contributed by atoms with van der Waals surface area (Å²) in [5.74, 6) is -0.135. The first-order chi connectivity index (χ1) is 11.1. The van der Waals surface area contributed by atoms with E-state index in [4.69, 9.17) is 0 Å². The van der Waals surface area contributed by atoms with Crippen molar-refractivity contribution in [2.24, 2.45) is 11.8 Å². The number of carbonyl (C=O) groups excluding carboxylic acids is 2. The van der Waals surface area contributed by atoms with Crippen LogP contribution in [0.5, 0.6) is 0 Å². The van der Waals surface area contributed by atoms with E-state index in [1.807, 2.05) is 30.3 Å². The number of carbonyl (C=O) groups is 2. The van der Waals surface area contributed by atoms with E-state index in [1.165, 1.54) is 0 Å². The molecule has 1 saturated heterocycles. The van der Waals surface area contributed by atoms with Gasteiger partial charge in [-0.2, -0.15) is 0 Å². The highest BCUT2D eigenvalue weighted by Gasteiger charge is 2.35. The number of amides is 2. The van der Waals surface area contributed by atoms with Crippen LogP contribution in [0.4, 0.5) is 0 Å². The van der Waals surface area contributed by atoms with Gasteiger partial charge in [0.15, 0.2) is 0 Å². The van der Waals surface area contributed by atoms with E-state index < -0.39 is 0 Å². The average molecular weight is 316 g/mol. The Kier molecular flexibility index (Phi) is 4.96. The molecule has 5 heteroatoms. The Hall–Kier alpha value is -1.88. The lowest BCUT2D eigenvalue weighted by Crippen LogP contribution is -2.37. The third-order valence-electron chi connectivity index (χ3n) is 4.96. The number of rotatable bonds is 5. The molecule has 2 fully saturated rings. The molecule has 3 rings (SSSR count). The van der Waals surface area contributed by atoms with Gasteiger partial charge in [-0.1, -0.05) is 36.8 Å². The van der Waals surface area contributed by atoms with Crippen molar-refractivity contribution in [3.05, 3.63) is 35.9 Å². The summed E-state index contributed by atoms with van der Waals surface area (Å²) in [7, 11) is 0. The van der Waals surface area contributed by atoms with Crippen molar-refractivity contribution in [3.8, 4) is 0 Å². The number of benzene rings is 1. The van der Waals surface area contributed by atoms with E-state index in [-0.39, 0.29) is 36.2 Å². The minimum atomic E-state index is -0.296. The number of hydrogen-bond donors (Lipinski definition) is 2. The Balaban J connectivity index is 1.49. The van der Waals surface area contributed by atoms with Crippen LogP contribution in [0.15, 0.2) is 30.3 Å². The second-order valence-electron chi connectivity index (χ2n) is 6.66. The molecule has 2 amide bonds. The first-order valence-electron chi connectivity index (χ1n) is 8.41. The van der Waals surface area contributed by atoms with Crippen molar-refractivity contribution in [3.63, 3.8) is 0 Å². The highest BCUT2D eigenvalue weighted by Crippen LogP contribution is 2.25. The van der Waals surface area contributed by atoms with Gasteiger partial charge in [0, 0.05) is 32.0 Å². The van der Waals surface area contributed by atoms with Gasteiger partial charge in [0.2, 0.25) is 11.8 Å². The zero-order chi connectivity index (χ0) is 16.2. The first-order valence-corrected chi connectivity index (χ1v) is 8.41. The second kappa shape index (κ2) is 7.13. The maximum atomic E-state index is 12.3. The predicted octanol–water partition coefficient (Wildman–Crippen LogP) is 1.31. The van der Waals surface area contributed by atoms with Gasteiger partial charge < -0.3 is 15.3 Å². The summed E-state index contributed by atoms with van der Waals surface area (Å²) in [5, 5.41) is 12.7. The molecule has 3 unspecified atom stereocenters. The summed E-state index contributed by atoms with van der Waals surface area (Å²) in [4.78, 5) is 26.1. The molecule has 23 heavy (non-hydrogen) atoms. The van der Waals surface area contributed by atoms with Crippen LogP contribution in [0.25, 0.3) is 0 Å².